The number of pyridine rings is 1. The SMILES string of the molecule is [Pb].c1cnc2cn[nH]c2c1. The minimum Gasteiger partial charge on any atom is -0.276 e. The summed E-state index contributed by atoms with van der Waals surface area (Å²) in [7, 11) is 0. The van der Waals surface area contributed by atoms with E-state index in [1.54, 1.807) is 12.4 Å². The molecule has 2 aromatic heterocycles. The molecule has 48 valence electrons. The predicted octanol–water partition coefficient (Wildman–Crippen LogP) is 0.577. The number of aromatic amines is 1. The van der Waals surface area contributed by atoms with Crippen LogP contribution in [0.1, 0.15) is 0 Å². The van der Waals surface area contributed by atoms with Crippen molar-refractivity contribution in [1.82, 2.24) is 15.2 Å². The molecular formula is C6H5N3Pb. The third kappa shape index (κ3) is 1.18. The Hall–Kier alpha value is -0.458. The molecule has 0 fully saturated rings. The summed E-state index contributed by atoms with van der Waals surface area (Å²) in [6, 6.07) is 3.82. The smallest absolute Gasteiger partial charge is 0.108 e. The van der Waals surface area contributed by atoms with Gasteiger partial charge in [-0.3, -0.25) is 10.1 Å². The molecule has 10 heavy (non-hydrogen) atoms. The van der Waals surface area contributed by atoms with E-state index in [9.17, 15) is 0 Å². The van der Waals surface area contributed by atoms with Gasteiger partial charge in [0.2, 0.25) is 0 Å². The fourth-order valence-electron chi connectivity index (χ4n) is 0.778. The van der Waals surface area contributed by atoms with Crippen LogP contribution in [0.15, 0.2) is 24.5 Å². The quantitative estimate of drug-likeness (QED) is 0.720. The number of fused-ring (bicyclic) bond motifs is 1. The van der Waals surface area contributed by atoms with Crippen LogP contribution in [0, 0.1) is 0 Å². The molecular weight excluding hydrogens is 321 g/mol. The van der Waals surface area contributed by atoms with Crippen LogP contribution < -0.4 is 0 Å². The maximum atomic E-state index is 4.05. The number of nitrogens with one attached hydrogen (secondary N) is 1. The van der Waals surface area contributed by atoms with Crippen molar-refractivity contribution in [3.63, 3.8) is 0 Å². The Labute approximate surface area is 78.0 Å². The van der Waals surface area contributed by atoms with E-state index in [0.717, 1.165) is 11.0 Å². The Morgan fingerprint density at radius 2 is 2.30 bits per heavy atom. The normalized spacial score (nSPS) is 9.20. The second kappa shape index (κ2) is 3.09. The van der Waals surface area contributed by atoms with Crippen LogP contribution in [-0.4, -0.2) is 42.5 Å². The van der Waals surface area contributed by atoms with Gasteiger partial charge in [-0.25, -0.2) is 0 Å². The van der Waals surface area contributed by atoms with E-state index in [4.69, 9.17) is 0 Å². The molecule has 4 radical (unpaired) electrons. The Morgan fingerprint density at radius 1 is 1.40 bits per heavy atom. The molecule has 0 aromatic carbocycles. The van der Waals surface area contributed by atoms with Gasteiger partial charge in [-0.2, -0.15) is 5.10 Å². The Bertz CT molecular complexity index is 287. The van der Waals surface area contributed by atoms with Crippen molar-refractivity contribution in [2.24, 2.45) is 0 Å². The Balaban J connectivity index is 0.000000500. The third-order valence-electron chi connectivity index (χ3n) is 1.21. The monoisotopic (exact) mass is 327 g/mol. The zero-order valence-corrected chi connectivity index (χ0v) is 9.09. The van der Waals surface area contributed by atoms with Gasteiger partial charge in [0.05, 0.1) is 11.7 Å². The molecule has 0 aliphatic rings. The van der Waals surface area contributed by atoms with Gasteiger partial charge in [-0.05, 0) is 12.1 Å². The van der Waals surface area contributed by atoms with Gasteiger partial charge in [0.25, 0.3) is 0 Å². The first-order valence-corrected chi connectivity index (χ1v) is 2.71. The molecule has 2 rings (SSSR count). The molecule has 0 aliphatic heterocycles. The van der Waals surface area contributed by atoms with Gasteiger partial charge < -0.3 is 0 Å². The van der Waals surface area contributed by atoms with Crippen molar-refractivity contribution in [3.8, 4) is 0 Å². The maximum Gasteiger partial charge on any atom is 0.108 e. The number of rotatable bonds is 0. The van der Waals surface area contributed by atoms with Crippen molar-refractivity contribution >= 4 is 38.3 Å². The molecule has 2 heterocycles. The van der Waals surface area contributed by atoms with Gasteiger partial charge >= 0.3 is 0 Å². The van der Waals surface area contributed by atoms with Crippen molar-refractivity contribution in [3.05, 3.63) is 24.5 Å². The molecule has 0 bridgehead atoms. The number of nitrogens with zero attached hydrogens (tertiary/aromatic N) is 2. The average molecular weight is 326 g/mol. The molecule has 3 nitrogen and oxygen atoms in total. The summed E-state index contributed by atoms with van der Waals surface area (Å²) in [6.07, 6.45) is 3.45. The van der Waals surface area contributed by atoms with Crippen LogP contribution in [0.3, 0.4) is 0 Å². The largest absolute Gasteiger partial charge is 0.276 e. The minimum atomic E-state index is 0. The fraction of sp³-hybridized carbons (Fsp3) is 0. The van der Waals surface area contributed by atoms with E-state index in [2.05, 4.69) is 15.2 Å². The van der Waals surface area contributed by atoms with Crippen LogP contribution in [0.2, 0.25) is 0 Å². The van der Waals surface area contributed by atoms with Crippen LogP contribution in [0.5, 0.6) is 0 Å². The van der Waals surface area contributed by atoms with Crippen LogP contribution >= 0.6 is 0 Å². The standard InChI is InChI=1S/C6H5N3.Pb/c1-2-5-6(7-3-1)4-8-9-5;/h1-4H,(H,8,9);. The first-order chi connectivity index (χ1) is 4.47. The van der Waals surface area contributed by atoms with Crippen molar-refractivity contribution in [1.29, 1.82) is 0 Å². The minimum absolute atomic E-state index is 0. The van der Waals surface area contributed by atoms with Gasteiger partial charge in [0.15, 0.2) is 0 Å². The zero-order chi connectivity index (χ0) is 6.10. The molecule has 4 heteroatoms. The number of aromatic nitrogens is 3. The van der Waals surface area contributed by atoms with Crippen molar-refractivity contribution in [2.45, 2.75) is 0 Å². The molecule has 0 aliphatic carbocycles. The molecule has 0 saturated carbocycles. The second-order valence-electron chi connectivity index (χ2n) is 1.81. The summed E-state index contributed by atoms with van der Waals surface area (Å²) in [5, 5.41) is 6.62. The fourth-order valence-corrected chi connectivity index (χ4v) is 0.778. The number of hydrogen-bond acceptors (Lipinski definition) is 2. The summed E-state index contributed by atoms with van der Waals surface area (Å²) in [4.78, 5) is 4.05. The van der Waals surface area contributed by atoms with Crippen molar-refractivity contribution in [2.75, 3.05) is 0 Å². The number of H-pyrrole nitrogens is 1. The first-order valence-electron chi connectivity index (χ1n) is 2.71. The Kier molecular flexibility index (Phi) is 2.36. The Morgan fingerprint density at radius 3 is 3.10 bits per heavy atom. The summed E-state index contributed by atoms with van der Waals surface area (Å²) in [6.45, 7) is 0. The number of hydrogen-bond donors (Lipinski definition) is 1. The second-order valence-corrected chi connectivity index (χ2v) is 1.81. The molecule has 0 amide bonds. The van der Waals surface area contributed by atoms with Crippen molar-refractivity contribution < 1.29 is 0 Å². The summed E-state index contributed by atoms with van der Waals surface area (Å²) in [5.41, 5.74) is 1.90. The van der Waals surface area contributed by atoms with E-state index in [1.165, 1.54) is 0 Å². The van der Waals surface area contributed by atoms with E-state index in [1.807, 2.05) is 12.1 Å². The first kappa shape index (κ1) is 7.65. The summed E-state index contributed by atoms with van der Waals surface area (Å²) >= 11 is 0. The van der Waals surface area contributed by atoms with E-state index in [0.29, 0.717) is 0 Å². The van der Waals surface area contributed by atoms with Crippen LogP contribution in [0.4, 0.5) is 0 Å². The maximum absolute atomic E-state index is 4.05. The van der Waals surface area contributed by atoms with Gasteiger partial charge in [-0.1, -0.05) is 0 Å². The van der Waals surface area contributed by atoms with E-state index in [-0.39, 0.29) is 27.3 Å². The molecule has 2 aromatic rings. The van der Waals surface area contributed by atoms with Gasteiger partial charge in [-0.15, -0.1) is 0 Å². The topological polar surface area (TPSA) is 41.6 Å². The van der Waals surface area contributed by atoms with Crippen LogP contribution in [-0.2, 0) is 0 Å². The van der Waals surface area contributed by atoms with Gasteiger partial charge in [0.1, 0.15) is 5.52 Å². The molecule has 0 atom stereocenters. The van der Waals surface area contributed by atoms with Gasteiger partial charge in [0, 0.05) is 33.5 Å². The molecule has 0 spiro atoms. The third-order valence-corrected chi connectivity index (χ3v) is 1.21. The summed E-state index contributed by atoms with van der Waals surface area (Å²) < 4.78 is 0. The average Bonchev–Trinajstić information content (AvgIpc) is 2.33. The zero-order valence-electron chi connectivity index (χ0n) is 5.20. The molecule has 0 unspecified atom stereocenters. The van der Waals surface area contributed by atoms with E-state index < -0.39 is 0 Å². The predicted molar refractivity (Wildman–Crippen MR) is 39.6 cm³/mol. The summed E-state index contributed by atoms with van der Waals surface area (Å²) in [5.74, 6) is 0. The molecule has 1 N–H and O–H groups in total. The van der Waals surface area contributed by atoms with Crippen LogP contribution in [0.25, 0.3) is 11.0 Å². The molecule has 0 saturated heterocycles. The van der Waals surface area contributed by atoms with E-state index >= 15 is 0 Å².